The van der Waals surface area contributed by atoms with Crippen LogP contribution >= 0.6 is 0 Å². The van der Waals surface area contributed by atoms with Crippen LogP contribution in [0.4, 0.5) is 0 Å². The molecule has 1 aromatic carbocycles. The number of benzene rings is 1. The lowest BCUT2D eigenvalue weighted by atomic mass is 10.0. The molecule has 108 valence electrons. The summed E-state index contributed by atoms with van der Waals surface area (Å²) in [5.41, 5.74) is -0.619. The standard InChI is InChI=1S/C16H15NO4/c1-16(19,14-7-4-8-20-14)10-17-15(18)13-9-11-5-2-3-6-12(11)21-13/h2-9,19H,10H2,1H3,(H,17,18)/t16-/m1/s1. The molecule has 0 unspecified atom stereocenters. The predicted molar refractivity (Wildman–Crippen MR) is 76.8 cm³/mol. The third kappa shape index (κ3) is 2.68. The first-order valence-corrected chi connectivity index (χ1v) is 6.59. The van der Waals surface area contributed by atoms with E-state index >= 15 is 0 Å². The lowest BCUT2D eigenvalue weighted by Gasteiger charge is -2.20. The summed E-state index contributed by atoms with van der Waals surface area (Å²) in [6.07, 6.45) is 1.48. The number of nitrogens with one attached hydrogen (secondary N) is 1. The van der Waals surface area contributed by atoms with Gasteiger partial charge >= 0.3 is 0 Å². The van der Waals surface area contributed by atoms with Crippen molar-refractivity contribution >= 4 is 16.9 Å². The zero-order valence-electron chi connectivity index (χ0n) is 11.5. The average Bonchev–Trinajstić information content (AvgIpc) is 3.13. The van der Waals surface area contributed by atoms with Gasteiger partial charge in [0.2, 0.25) is 0 Å². The first kappa shape index (κ1) is 13.5. The van der Waals surface area contributed by atoms with Gasteiger partial charge in [0.05, 0.1) is 12.8 Å². The fourth-order valence-corrected chi connectivity index (χ4v) is 2.11. The van der Waals surface area contributed by atoms with E-state index in [1.165, 1.54) is 6.26 Å². The number of aliphatic hydroxyl groups is 1. The van der Waals surface area contributed by atoms with Crippen LogP contribution in [-0.2, 0) is 5.60 Å². The van der Waals surface area contributed by atoms with E-state index < -0.39 is 5.60 Å². The summed E-state index contributed by atoms with van der Waals surface area (Å²) in [6.45, 7) is 1.60. The van der Waals surface area contributed by atoms with Gasteiger partial charge in [-0.15, -0.1) is 0 Å². The minimum absolute atomic E-state index is 0.0242. The van der Waals surface area contributed by atoms with Crippen molar-refractivity contribution in [3.05, 3.63) is 60.2 Å². The highest BCUT2D eigenvalue weighted by atomic mass is 16.4. The van der Waals surface area contributed by atoms with Gasteiger partial charge in [0.1, 0.15) is 16.9 Å². The van der Waals surface area contributed by atoms with E-state index in [4.69, 9.17) is 8.83 Å². The summed E-state index contributed by atoms with van der Waals surface area (Å²) in [5, 5.41) is 13.8. The van der Waals surface area contributed by atoms with Gasteiger partial charge in [0, 0.05) is 5.39 Å². The number of hydrogen-bond acceptors (Lipinski definition) is 4. The van der Waals surface area contributed by atoms with E-state index in [1.54, 1.807) is 31.2 Å². The molecule has 0 radical (unpaired) electrons. The molecule has 0 spiro atoms. The topological polar surface area (TPSA) is 75.6 Å². The first-order valence-electron chi connectivity index (χ1n) is 6.59. The van der Waals surface area contributed by atoms with Crippen LogP contribution in [0.5, 0.6) is 0 Å². The fourth-order valence-electron chi connectivity index (χ4n) is 2.11. The SMILES string of the molecule is C[C@@](O)(CNC(=O)c1cc2ccccc2o1)c1ccco1. The summed E-state index contributed by atoms with van der Waals surface area (Å²) < 4.78 is 10.6. The van der Waals surface area contributed by atoms with Crippen molar-refractivity contribution < 1.29 is 18.7 Å². The van der Waals surface area contributed by atoms with Crippen molar-refractivity contribution in [3.8, 4) is 0 Å². The Kier molecular flexibility index (Phi) is 3.27. The Morgan fingerprint density at radius 1 is 1.29 bits per heavy atom. The molecular weight excluding hydrogens is 270 g/mol. The molecule has 2 aromatic heterocycles. The minimum atomic E-state index is -1.27. The number of carbonyl (C=O) groups excluding carboxylic acids is 1. The lowest BCUT2D eigenvalue weighted by Crippen LogP contribution is -2.38. The van der Waals surface area contributed by atoms with Crippen LogP contribution in [0.15, 0.2) is 57.6 Å². The van der Waals surface area contributed by atoms with Gasteiger partial charge in [-0.1, -0.05) is 18.2 Å². The van der Waals surface area contributed by atoms with Crippen LogP contribution < -0.4 is 5.32 Å². The van der Waals surface area contributed by atoms with Gasteiger partial charge in [0.25, 0.3) is 5.91 Å². The Bertz CT molecular complexity index is 723. The summed E-state index contributed by atoms with van der Waals surface area (Å²) in [4.78, 5) is 12.1. The van der Waals surface area contributed by atoms with Gasteiger partial charge in [0.15, 0.2) is 5.76 Å². The van der Waals surface area contributed by atoms with E-state index in [9.17, 15) is 9.90 Å². The van der Waals surface area contributed by atoms with E-state index in [2.05, 4.69) is 5.32 Å². The molecule has 2 heterocycles. The van der Waals surface area contributed by atoms with Crippen molar-refractivity contribution in [2.45, 2.75) is 12.5 Å². The highest BCUT2D eigenvalue weighted by Gasteiger charge is 2.27. The molecule has 3 rings (SSSR count). The molecule has 5 nitrogen and oxygen atoms in total. The van der Waals surface area contributed by atoms with Crippen LogP contribution in [0.2, 0.25) is 0 Å². The van der Waals surface area contributed by atoms with Gasteiger partial charge in [-0.05, 0) is 31.2 Å². The Labute approximate surface area is 121 Å². The highest BCUT2D eigenvalue weighted by Crippen LogP contribution is 2.21. The molecular formula is C16H15NO4. The fraction of sp³-hybridized carbons (Fsp3) is 0.188. The second-order valence-corrected chi connectivity index (χ2v) is 5.08. The number of hydrogen-bond donors (Lipinski definition) is 2. The molecule has 21 heavy (non-hydrogen) atoms. The van der Waals surface area contributed by atoms with Crippen molar-refractivity contribution in [3.63, 3.8) is 0 Å². The van der Waals surface area contributed by atoms with E-state index in [-0.39, 0.29) is 18.2 Å². The van der Waals surface area contributed by atoms with Crippen LogP contribution in [0.1, 0.15) is 23.2 Å². The Morgan fingerprint density at radius 3 is 2.81 bits per heavy atom. The molecule has 0 aliphatic carbocycles. The highest BCUT2D eigenvalue weighted by molar-refractivity contribution is 5.96. The minimum Gasteiger partial charge on any atom is -0.466 e. The Hall–Kier alpha value is -2.53. The summed E-state index contributed by atoms with van der Waals surface area (Å²) in [6, 6.07) is 12.4. The lowest BCUT2D eigenvalue weighted by molar-refractivity contribution is 0.0326. The van der Waals surface area contributed by atoms with Crippen LogP contribution in [0.3, 0.4) is 0 Å². The second-order valence-electron chi connectivity index (χ2n) is 5.08. The third-order valence-electron chi connectivity index (χ3n) is 3.29. The Balaban J connectivity index is 1.72. The van der Waals surface area contributed by atoms with E-state index in [0.717, 1.165) is 5.39 Å². The normalized spacial score (nSPS) is 14.0. The maximum atomic E-state index is 12.1. The molecule has 1 amide bonds. The molecule has 0 bridgehead atoms. The van der Waals surface area contributed by atoms with Gasteiger partial charge in [-0.3, -0.25) is 4.79 Å². The molecule has 0 fully saturated rings. The summed E-state index contributed by atoms with van der Waals surface area (Å²) in [7, 11) is 0. The van der Waals surface area contributed by atoms with Crippen LogP contribution in [0, 0.1) is 0 Å². The first-order chi connectivity index (χ1) is 10.1. The van der Waals surface area contributed by atoms with Gasteiger partial charge in [-0.25, -0.2) is 0 Å². The molecule has 5 heteroatoms. The van der Waals surface area contributed by atoms with Crippen molar-refractivity contribution in [1.29, 1.82) is 0 Å². The largest absolute Gasteiger partial charge is 0.466 e. The Morgan fingerprint density at radius 2 is 2.10 bits per heavy atom. The number of fused-ring (bicyclic) bond motifs is 1. The molecule has 0 aliphatic rings. The summed E-state index contributed by atoms with van der Waals surface area (Å²) in [5.74, 6) is 0.233. The van der Waals surface area contributed by atoms with E-state index in [1.807, 2.05) is 18.2 Å². The molecule has 2 N–H and O–H groups in total. The number of amides is 1. The van der Waals surface area contributed by atoms with E-state index in [0.29, 0.717) is 11.3 Å². The van der Waals surface area contributed by atoms with Gasteiger partial charge in [-0.2, -0.15) is 0 Å². The quantitative estimate of drug-likeness (QED) is 0.772. The zero-order valence-corrected chi connectivity index (χ0v) is 11.5. The predicted octanol–water partition coefficient (Wildman–Crippen LogP) is 2.66. The third-order valence-corrected chi connectivity index (χ3v) is 3.29. The average molecular weight is 285 g/mol. The molecule has 0 saturated heterocycles. The molecule has 0 aliphatic heterocycles. The number of furan rings is 2. The van der Waals surface area contributed by atoms with Crippen LogP contribution in [-0.4, -0.2) is 17.6 Å². The zero-order chi connectivity index (χ0) is 14.9. The van der Waals surface area contributed by atoms with Gasteiger partial charge < -0.3 is 19.3 Å². The second kappa shape index (κ2) is 5.10. The van der Waals surface area contributed by atoms with Crippen LogP contribution in [0.25, 0.3) is 11.0 Å². The molecule has 3 aromatic rings. The molecule has 0 saturated carbocycles. The smallest absolute Gasteiger partial charge is 0.287 e. The number of rotatable bonds is 4. The summed E-state index contributed by atoms with van der Waals surface area (Å²) >= 11 is 0. The number of para-hydroxylation sites is 1. The monoisotopic (exact) mass is 285 g/mol. The van der Waals surface area contributed by atoms with Crippen molar-refractivity contribution in [2.75, 3.05) is 6.54 Å². The van der Waals surface area contributed by atoms with Crippen molar-refractivity contribution in [1.82, 2.24) is 5.32 Å². The maximum absolute atomic E-state index is 12.1. The van der Waals surface area contributed by atoms with Crippen molar-refractivity contribution in [2.24, 2.45) is 0 Å². The molecule has 1 atom stereocenters. The number of carbonyl (C=O) groups is 1. The maximum Gasteiger partial charge on any atom is 0.287 e.